The Morgan fingerprint density at radius 1 is 1.18 bits per heavy atom. The maximum atomic E-state index is 12.9. The van der Waals surface area contributed by atoms with Crippen LogP contribution in [0.2, 0.25) is 0 Å². The van der Waals surface area contributed by atoms with Crippen LogP contribution in [0.25, 0.3) is 0 Å². The number of carbonyl (C=O) groups excluding carboxylic acids is 1. The maximum Gasteiger partial charge on any atom is 0.230 e. The zero-order valence-corrected chi connectivity index (χ0v) is 14.2. The number of nitrogens with one attached hydrogen (secondary N) is 1. The smallest absolute Gasteiger partial charge is 0.230 e. The molecule has 2 rings (SSSR count). The van der Waals surface area contributed by atoms with Crippen LogP contribution in [0, 0.1) is 5.92 Å². The summed E-state index contributed by atoms with van der Waals surface area (Å²) in [6.45, 7) is 7.74. The highest BCUT2D eigenvalue weighted by atomic mass is 16.2. The number of hydrogen-bond acceptors (Lipinski definition) is 2. The van der Waals surface area contributed by atoms with Crippen LogP contribution in [0.15, 0.2) is 24.3 Å². The molecule has 0 spiro atoms. The Morgan fingerprint density at radius 2 is 1.77 bits per heavy atom. The predicted molar refractivity (Wildman–Crippen MR) is 91.9 cm³/mol. The highest BCUT2D eigenvalue weighted by Gasteiger charge is 2.42. The van der Waals surface area contributed by atoms with Crippen molar-refractivity contribution >= 4 is 5.91 Å². The van der Waals surface area contributed by atoms with Crippen LogP contribution in [0.1, 0.15) is 63.5 Å². The minimum absolute atomic E-state index is 0.183. The third-order valence-corrected chi connectivity index (χ3v) is 5.04. The number of carbonyl (C=O) groups is 1. The average Bonchev–Trinajstić information content (AvgIpc) is 3.03. The van der Waals surface area contributed by atoms with Crippen LogP contribution < -0.4 is 11.1 Å². The van der Waals surface area contributed by atoms with Gasteiger partial charge in [0.1, 0.15) is 0 Å². The lowest BCUT2D eigenvalue weighted by Crippen LogP contribution is -2.44. The van der Waals surface area contributed by atoms with Crippen molar-refractivity contribution in [3.05, 3.63) is 35.4 Å². The Morgan fingerprint density at radius 3 is 2.27 bits per heavy atom. The van der Waals surface area contributed by atoms with Gasteiger partial charge in [-0.3, -0.25) is 4.79 Å². The van der Waals surface area contributed by atoms with Gasteiger partial charge in [-0.2, -0.15) is 0 Å². The van der Waals surface area contributed by atoms with E-state index in [2.05, 4.69) is 50.4 Å². The number of nitrogens with two attached hydrogens (primary N) is 1. The first-order chi connectivity index (χ1) is 10.5. The van der Waals surface area contributed by atoms with Gasteiger partial charge in [0, 0.05) is 6.54 Å². The molecule has 0 aromatic heterocycles. The highest BCUT2D eigenvalue weighted by molar-refractivity contribution is 5.88. The fourth-order valence-electron chi connectivity index (χ4n) is 3.33. The number of benzene rings is 1. The van der Waals surface area contributed by atoms with Crippen LogP contribution in [-0.2, 0) is 10.2 Å². The van der Waals surface area contributed by atoms with E-state index in [1.807, 2.05) is 0 Å². The van der Waals surface area contributed by atoms with Crippen LogP contribution in [0.5, 0.6) is 0 Å². The summed E-state index contributed by atoms with van der Waals surface area (Å²) in [7, 11) is 0. The highest BCUT2D eigenvalue weighted by Crippen LogP contribution is 2.41. The molecule has 3 N–H and O–H groups in total. The summed E-state index contributed by atoms with van der Waals surface area (Å²) in [6, 6.07) is 8.67. The normalized spacial score (nSPS) is 18.4. The quantitative estimate of drug-likeness (QED) is 0.847. The van der Waals surface area contributed by atoms with E-state index >= 15 is 0 Å². The van der Waals surface area contributed by atoms with Crippen molar-refractivity contribution in [2.24, 2.45) is 11.7 Å². The van der Waals surface area contributed by atoms with E-state index in [0.717, 1.165) is 25.7 Å². The van der Waals surface area contributed by atoms with Crippen molar-refractivity contribution in [3.63, 3.8) is 0 Å². The van der Waals surface area contributed by atoms with Crippen molar-refractivity contribution < 1.29 is 4.79 Å². The lowest BCUT2D eigenvalue weighted by atomic mass is 9.77. The number of rotatable bonds is 6. The first-order valence-corrected chi connectivity index (χ1v) is 8.58. The molecule has 1 unspecified atom stereocenters. The summed E-state index contributed by atoms with van der Waals surface area (Å²) < 4.78 is 0. The fraction of sp³-hybridized carbons (Fsp3) is 0.632. The van der Waals surface area contributed by atoms with E-state index in [1.165, 1.54) is 11.1 Å². The molecule has 122 valence electrons. The zero-order valence-electron chi connectivity index (χ0n) is 14.2. The Hall–Kier alpha value is -1.35. The van der Waals surface area contributed by atoms with Gasteiger partial charge in [-0.1, -0.05) is 57.9 Å². The topological polar surface area (TPSA) is 55.1 Å². The van der Waals surface area contributed by atoms with Crippen molar-refractivity contribution in [1.82, 2.24) is 5.32 Å². The number of hydrogen-bond donors (Lipinski definition) is 2. The monoisotopic (exact) mass is 302 g/mol. The molecule has 3 heteroatoms. The van der Waals surface area contributed by atoms with Crippen molar-refractivity contribution in [2.75, 3.05) is 13.1 Å². The van der Waals surface area contributed by atoms with Gasteiger partial charge >= 0.3 is 0 Å². The standard InChI is InChI=1S/C19H30N2O/c1-14(2)16-6-8-17(9-7-16)19(10-4-5-11-19)18(22)21-13-15(3)12-20/h6-9,14-15H,4-5,10-13,20H2,1-3H3,(H,21,22). The SMILES string of the molecule is CC(CN)CNC(=O)C1(c2ccc(C(C)C)cc2)CCCC1. The summed E-state index contributed by atoms with van der Waals surface area (Å²) in [6.07, 6.45) is 4.17. The molecule has 0 saturated heterocycles. The first kappa shape index (κ1) is 17.0. The lowest BCUT2D eigenvalue weighted by Gasteiger charge is -2.29. The molecule has 1 aliphatic carbocycles. The van der Waals surface area contributed by atoms with E-state index < -0.39 is 0 Å². The van der Waals surface area contributed by atoms with Gasteiger partial charge in [-0.15, -0.1) is 0 Å². The summed E-state index contributed by atoms with van der Waals surface area (Å²) in [5.74, 6) is 1.03. The third-order valence-electron chi connectivity index (χ3n) is 5.04. The second kappa shape index (κ2) is 7.28. The van der Waals surface area contributed by atoms with Crippen LogP contribution >= 0.6 is 0 Å². The molecule has 0 radical (unpaired) electrons. The van der Waals surface area contributed by atoms with E-state index in [1.54, 1.807) is 0 Å². The molecular weight excluding hydrogens is 272 g/mol. The predicted octanol–water partition coefficient (Wildman–Crippen LogP) is 3.33. The fourth-order valence-corrected chi connectivity index (χ4v) is 3.33. The summed E-state index contributed by atoms with van der Waals surface area (Å²) in [5, 5.41) is 3.13. The maximum absolute atomic E-state index is 12.9. The molecule has 22 heavy (non-hydrogen) atoms. The molecule has 1 atom stereocenters. The van der Waals surface area contributed by atoms with Gasteiger partial charge in [0.15, 0.2) is 0 Å². The van der Waals surface area contributed by atoms with Gasteiger partial charge < -0.3 is 11.1 Å². The minimum Gasteiger partial charge on any atom is -0.355 e. The molecule has 1 amide bonds. The largest absolute Gasteiger partial charge is 0.355 e. The number of amides is 1. The molecule has 0 aliphatic heterocycles. The Labute approximate surface area is 134 Å². The molecule has 3 nitrogen and oxygen atoms in total. The van der Waals surface area contributed by atoms with Gasteiger partial charge in [0.05, 0.1) is 5.41 Å². The average molecular weight is 302 g/mol. The lowest BCUT2D eigenvalue weighted by molar-refractivity contribution is -0.126. The third kappa shape index (κ3) is 3.52. The van der Waals surface area contributed by atoms with Crippen molar-refractivity contribution in [2.45, 2.75) is 57.8 Å². The van der Waals surface area contributed by atoms with Crippen LogP contribution in [0.4, 0.5) is 0 Å². The van der Waals surface area contributed by atoms with Crippen molar-refractivity contribution in [1.29, 1.82) is 0 Å². The second-order valence-corrected chi connectivity index (χ2v) is 7.12. The van der Waals surface area contributed by atoms with E-state index in [0.29, 0.717) is 24.9 Å². The Bertz CT molecular complexity index is 487. The van der Waals surface area contributed by atoms with Crippen LogP contribution in [-0.4, -0.2) is 19.0 Å². The van der Waals surface area contributed by atoms with E-state index in [9.17, 15) is 4.79 Å². The zero-order chi connectivity index (χ0) is 16.2. The van der Waals surface area contributed by atoms with Gasteiger partial charge in [0.25, 0.3) is 0 Å². The molecule has 0 bridgehead atoms. The molecule has 1 aliphatic rings. The first-order valence-electron chi connectivity index (χ1n) is 8.58. The van der Waals surface area contributed by atoms with Gasteiger partial charge in [0.2, 0.25) is 5.91 Å². The molecule has 0 heterocycles. The van der Waals surface area contributed by atoms with Crippen molar-refractivity contribution in [3.8, 4) is 0 Å². The summed E-state index contributed by atoms with van der Waals surface area (Å²) >= 11 is 0. The summed E-state index contributed by atoms with van der Waals surface area (Å²) in [5.41, 5.74) is 7.82. The molecule has 1 aromatic rings. The molecular formula is C19H30N2O. The molecule has 1 aromatic carbocycles. The summed E-state index contributed by atoms with van der Waals surface area (Å²) in [4.78, 5) is 12.9. The van der Waals surface area contributed by atoms with Crippen LogP contribution in [0.3, 0.4) is 0 Å². The van der Waals surface area contributed by atoms with Gasteiger partial charge in [-0.25, -0.2) is 0 Å². The Balaban J connectivity index is 2.18. The minimum atomic E-state index is -0.330. The second-order valence-electron chi connectivity index (χ2n) is 7.12. The molecule has 1 saturated carbocycles. The molecule has 1 fully saturated rings. The van der Waals surface area contributed by atoms with E-state index in [4.69, 9.17) is 5.73 Å². The van der Waals surface area contributed by atoms with E-state index in [-0.39, 0.29) is 11.3 Å². The van der Waals surface area contributed by atoms with Gasteiger partial charge in [-0.05, 0) is 42.3 Å². The Kier molecular flexibility index (Phi) is 5.63.